The SMILES string of the molecule is CCC(OC(=O)c1ccncc1)C(=O)Nc1cccc(C)c1C. The molecule has 0 saturated carbocycles. The molecule has 23 heavy (non-hydrogen) atoms. The number of aromatic nitrogens is 1. The third-order valence-corrected chi connectivity index (χ3v) is 3.69. The zero-order valence-electron chi connectivity index (χ0n) is 13.5. The largest absolute Gasteiger partial charge is 0.449 e. The van der Waals surface area contributed by atoms with Crippen molar-refractivity contribution in [2.24, 2.45) is 0 Å². The molecule has 0 aliphatic carbocycles. The summed E-state index contributed by atoms with van der Waals surface area (Å²) < 4.78 is 5.31. The molecule has 0 aliphatic heterocycles. The van der Waals surface area contributed by atoms with E-state index in [1.165, 1.54) is 12.4 Å². The van der Waals surface area contributed by atoms with Crippen LogP contribution in [0.25, 0.3) is 0 Å². The van der Waals surface area contributed by atoms with Gasteiger partial charge in [0, 0.05) is 18.1 Å². The van der Waals surface area contributed by atoms with Crippen LogP contribution in [0.3, 0.4) is 0 Å². The van der Waals surface area contributed by atoms with E-state index in [0.29, 0.717) is 12.0 Å². The molecule has 5 heteroatoms. The smallest absolute Gasteiger partial charge is 0.339 e. The number of carbonyl (C=O) groups excluding carboxylic acids is 2. The first kappa shape index (κ1) is 16.7. The lowest BCUT2D eigenvalue weighted by Gasteiger charge is -2.17. The minimum Gasteiger partial charge on any atom is -0.449 e. The maximum Gasteiger partial charge on any atom is 0.339 e. The van der Waals surface area contributed by atoms with Crippen LogP contribution in [0.5, 0.6) is 0 Å². The first-order valence-corrected chi connectivity index (χ1v) is 7.51. The van der Waals surface area contributed by atoms with E-state index in [9.17, 15) is 9.59 Å². The summed E-state index contributed by atoms with van der Waals surface area (Å²) >= 11 is 0. The van der Waals surface area contributed by atoms with Gasteiger partial charge in [-0.05, 0) is 49.6 Å². The molecule has 1 heterocycles. The molecule has 2 aromatic rings. The number of aryl methyl sites for hydroxylation is 1. The van der Waals surface area contributed by atoms with Crippen molar-refractivity contribution >= 4 is 17.6 Å². The molecular weight excluding hydrogens is 292 g/mol. The average molecular weight is 312 g/mol. The number of esters is 1. The van der Waals surface area contributed by atoms with Gasteiger partial charge in [0.15, 0.2) is 6.10 Å². The third-order valence-electron chi connectivity index (χ3n) is 3.69. The summed E-state index contributed by atoms with van der Waals surface area (Å²) in [4.78, 5) is 28.3. The third kappa shape index (κ3) is 4.16. The predicted octanol–water partition coefficient (Wildman–Crippen LogP) is 3.27. The maximum absolute atomic E-state index is 12.4. The van der Waals surface area contributed by atoms with Crippen LogP contribution in [0, 0.1) is 13.8 Å². The summed E-state index contributed by atoms with van der Waals surface area (Å²) in [5.41, 5.74) is 3.19. The molecule has 5 nitrogen and oxygen atoms in total. The Hall–Kier alpha value is -2.69. The molecular formula is C18H20N2O3. The molecule has 1 unspecified atom stereocenters. The van der Waals surface area contributed by atoms with Gasteiger partial charge in [0.05, 0.1) is 5.56 Å². The molecule has 0 radical (unpaired) electrons. The molecule has 2 rings (SSSR count). The highest BCUT2D eigenvalue weighted by Gasteiger charge is 2.22. The Morgan fingerprint density at radius 3 is 2.52 bits per heavy atom. The Balaban J connectivity index is 2.07. The zero-order chi connectivity index (χ0) is 16.8. The monoisotopic (exact) mass is 312 g/mol. The molecule has 0 fully saturated rings. The Morgan fingerprint density at radius 1 is 1.17 bits per heavy atom. The Kier molecular flexibility index (Phi) is 5.46. The van der Waals surface area contributed by atoms with Gasteiger partial charge in [-0.1, -0.05) is 19.1 Å². The van der Waals surface area contributed by atoms with Crippen molar-refractivity contribution in [3.63, 3.8) is 0 Å². The van der Waals surface area contributed by atoms with E-state index in [1.807, 2.05) is 32.0 Å². The fraction of sp³-hybridized carbons (Fsp3) is 0.278. The lowest BCUT2D eigenvalue weighted by molar-refractivity contribution is -0.124. The van der Waals surface area contributed by atoms with Crippen LogP contribution in [0.2, 0.25) is 0 Å². The summed E-state index contributed by atoms with van der Waals surface area (Å²) in [6, 6.07) is 8.79. The van der Waals surface area contributed by atoms with E-state index >= 15 is 0 Å². The van der Waals surface area contributed by atoms with Gasteiger partial charge in [0.25, 0.3) is 5.91 Å². The van der Waals surface area contributed by atoms with Gasteiger partial charge in [-0.15, -0.1) is 0 Å². The number of anilines is 1. The summed E-state index contributed by atoms with van der Waals surface area (Å²) in [5, 5.41) is 2.83. The molecule has 0 spiro atoms. The van der Waals surface area contributed by atoms with Gasteiger partial charge in [0.2, 0.25) is 0 Å². The standard InChI is InChI=1S/C18H20N2O3/c1-4-16(23-18(22)14-8-10-19-11-9-14)17(21)20-15-7-5-6-12(2)13(15)3/h5-11,16H,4H2,1-3H3,(H,20,21). The van der Waals surface area contributed by atoms with E-state index in [-0.39, 0.29) is 5.91 Å². The Morgan fingerprint density at radius 2 is 1.87 bits per heavy atom. The topological polar surface area (TPSA) is 68.3 Å². The van der Waals surface area contributed by atoms with Crippen molar-refractivity contribution in [1.82, 2.24) is 4.98 Å². The highest BCUT2D eigenvalue weighted by Crippen LogP contribution is 2.19. The summed E-state index contributed by atoms with van der Waals surface area (Å²) in [6.45, 7) is 5.72. The minimum atomic E-state index is -0.837. The first-order valence-electron chi connectivity index (χ1n) is 7.51. The lowest BCUT2D eigenvalue weighted by Crippen LogP contribution is -2.32. The second kappa shape index (κ2) is 7.54. The van der Waals surface area contributed by atoms with E-state index < -0.39 is 12.1 Å². The van der Waals surface area contributed by atoms with Crippen LogP contribution >= 0.6 is 0 Å². The number of hydrogen-bond acceptors (Lipinski definition) is 4. The van der Waals surface area contributed by atoms with E-state index in [1.54, 1.807) is 19.1 Å². The molecule has 1 atom stereocenters. The first-order chi connectivity index (χ1) is 11.0. The van der Waals surface area contributed by atoms with E-state index in [0.717, 1.165) is 16.8 Å². The fourth-order valence-corrected chi connectivity index (χ4v) is 2.11. The number of nitrogens with one attached hydrogen (secondary N) is 1. The zero-order valence-corrected chi connectivity index (χ0v) is 13.5. The van der Waals surface area contributed by atoms with Gasteiger partial charge in [0.1, 0.15) is 0 Å². The predicted molar refractivity (Wildman–Crippen MR) is 88.3 cm³/mol. The highest BCUT2D eigenvalue weighted by molar-refractivity contribution is 5.98. The molecule has 0 bridgehead atoms. The van der Waals surface area contributed by atoms with Gasteiger partial charge in [-0.25, -0.2) is 4.79 Å². The highest BCUT2D eigenvalue weighted by atomic mass is 16.5. The Labute approximate surface area is 135 Å². The normalized spacial score (nSPS) is 11.6. The number of ether oxygens (including phenoxy) is 1. The summed E-state index contributed by atoms with van der Waals surface area (Å²) in [7, 11) is 0. The molecule has 1 amide bonds. The molecule has 120 valence electrons. The number of rotatable bonds is 5. The molecule has 1 N–H and O–H groups in total. The van der Waals surface area contributed by atoms with Crippen molar-refractivity contribution in [3.05, 3.63) is 59.4 Å². The van der Waals surface area contributed by atoms with Crippen LogP contribution in [0.4, 0.5) is 5.69 Å². The lowest BCUT2D eigenvalue weighted by atomic mass is 10.1. The summed E-state index contributed by atoms with van der Waals surface area (Å²) in [6.07, 6.45) is 2.57. The van der Waals surface area contributed by atoms with Gasteiger partial charge < -0.3 is 10.1 Å². The van der Waals surface area contributed by atoms with Gasteiger partial charge in [-0.3, -0.25) is 9.78 Å². The van der Waals surface area contributed by atoms with Gasteiger partial charge >= 0.3 is 5.97 Å². The number of hydrogen-bond donors (Lipinski definition) is 1. The van der Waals surface area contributed by atoms with Crippen molar-refractivity contribution in [3.8, 4) is 0 Å². The molecule has 0 saturated heterocycles. The number of nitrogens with zero attached hydrogens (tertiary/aromatic N) is 1. The second-order valence-corrected chi connectivity index (χ2v) is 5.27. The van der Waals surface area contributed by atoms with Gasteiger partial charge in [-0.2, -0.15) is 0 Å². The fourth-order valence-electron chi connectivity index (χ4n) is 2.11. The van der Waals surface area contributed by atoms with Crippen LogP contribution in [0.15, 0.2) is 42.7 Å². The minimum absolute atomic E-state index is 0.330. The number of pyridine rings is 1. The molecule has 1 aromatic heterocycles. The van der Waals surface area contributed by atoms with Crippen molar-refractivity contribution in [2.45, 2.75) is 33.3 Å². The number of benzene rings is 1. The Bertz CT molecular complexity index is 699. The van der Waals surface area contributed by atoms with E-state index in [4.69, 9.17) is 4.74 Å². The van der Waals surface area contributed by atoms with Crippen LogP contribution in [-0.2, 0) is 9.53 Å². The summed E-state index contributed by atoms with van der Waals surface area (Å²) in [5.74, 6) is -0.862. The average Bonchev–Trinajstić information content (AvgIpc) is 2.57. The number of amides is 1. The molecule has 1 aromatic carbocycles. The van der Waals surface area contributed by atoms with Crippen molar-refractivity contribution in [2.75, 3.05) is 5.32 Å². The molecule has 0 aliphatic rings. The maximum atomic E-state index is 12.4. The van der Waals surface area contributed by atoms with E-state index in [2.05, 4.69) is 10.3 Å². The quantitative estimate of drug-likeness (QED) is 0.860. The van der Waals surface area contributed by atoms with Crippen LogP contribution in [-0.4, -0.2) is 23.0 Å². The van der Waals surface area contributed by atoms with Crippen molar-refractivity contribution in [1.29, 1.82) is 0 Å². The van der Waals surface area contributed by atoms with Crippen molar-refractivity contribution < 1.29 is 14.3 Å². The van der Waals surface area contributed by atoms with Crippen LogP contribution < -0.4 is 5.32 Å². The van der Waals surface area contributed by atoms with Crippen LogP contribution in [0.1, 0.15) is 34.8 Å². The second-order valence-electron chi connectivity index (χ2n) is 5.27. The number of carbonyl (C=O) groups is 2.